The van der Waals surface area contributed by atoms with Crippen LogP contribution in [0.15, 0.2) is 47.8 Å². The number of nitrogens with one attached hydrogen (secondary N) is 2. The average Bonchev–Trinajstić information content (AvgIpc) is 3.07. The molecular formula is C18H15Cl2N3O2S. The zero-order valence-corrected chi connectivity index (χ0v) is 16.1. The third-order valence-electron chi connectivity index (χ3n) is 3.36. The molecule has 2 amide bonds. The van der Waals surface area contributed by atoms with Crippen molar-refractivity contribution in [2.24, 2.45) is 0 Å². The number of hydrogen-bond acceptors (Lipinski definition) is 4. The minimum absolute atomic E-state index is 0.372. The SMILES string of the molecule is CCOc1ccc(-c2csc(NC(=O)Nc3ccc(Cl)c(Cl)c3)n2)cc1. The van der Waals surface area contributed by atoms with Crippen LogP contribution in [-0.4, -0.2) is 17.6 Å². The molecule has 0 saturated heterocycles. The number of urea groups is 1. The summed E-state index contributed by atoms with van der Waals surface area (Å²) in [6, 6.07) is 12.1. The van der Waals surface area contributed by atoms with Gasteiger partial charge in [-0.1, -0.05) is 23.2 Å². The molecule has 1 heterocycles. The normalized spacial score (nSPS) is 10.4. The van der Waals surface area contributed by atoms with Crippen molar-refractivity contribution < 1.29 is 9.53 Å². The summed E-state index contributed by atoms with van der Waals surface area (Å²) in [5.41, 5.74) is 2.27. The first kappa shape index (κ1) is 18.5. The number of amides is 2. The van der Waals surface area contributed by atoms with Gasteiger partial charge in [0.25, 0.3) is 0 Å². The van der Waals surface area contributed by atoms with Crippen LogP contribution >= 0.6 is 34.5 Å². The highest BCUT2D eigenvalue weighted by molar-refractivity contribution is 7.14. The Morgan fingerprint density at radius 2 is 1.88 bits per heavy atom. The molecule has 26 heavy (non-hydrogen) atoms. The summed E-state index contributed by atoms with van der Waals surface area (Å²) in [5, 5.41) is 8.56. The van der Waals surface area contributed by atoms with Crippen LogP contribution in [0, 0.1) is 0 Å². The van der Waals surface area contributed by atoms with Crippen molar-refractivity contribution in [3.8, 4) is 17.0 Å². The van der Waals surface area contributed by atoms with Gasteiger partial charge in [-0.05, 0) is 49.4 Å². The maximum atomic E-state index is 12.1. The summed E-state index contributed by atoms with van der Waals surface area (Å²) in [4.78, 5) is 16.5. The second kappa shape index (κ2) is 8.40. The molecule has 0 radical (unpaired) electrons. The van der Waals surface area contributed by atoms with Crippen LogP contribution in [-0.2, 0) is 0 Å². The lowest BCUT2D eigenvalue weighted by Crippen LogP contribution is -2.19. The van der Waals surface area contributed by atoms with Gasteiger partial charge < -0.3 is 10.1 Å². The molecule has 0 fully saturated rings. The molecule has 3 rings (SSSR count). The third kappa shape index (κ3) is 4.66. The number of rotatable bonds is 5. The van der Waals surface area contributed by atoms with Gasteiger partial charge in [0.15, 0.2) is 5.13 Å². The second-order valence-electron chi connectivity index (χ2n) is 5.20. The number of nitrogens with zero attached hydrogens (tertiary/aromatic N) is 1. The van der Waals surface area contributed by atoms with Gasteiger partial charge in [-0.15, -0.1) is 11.3 Å². The van der Waals surface area contributed by atoms with Gasteiger partial charge in [-0.25, -0.2) is 9.78 Å². The van der Waals surface area contributed by atoms with E-state index in [4.69, 9.17) is 27.9 Å². The summed E-state index contributed by atoms with van der Waals surface area (Å²) in [5.74, 6) is 0.811. The molecule has 0 aliphatic heterocycles. The number of carbonyl (C=O) groups excluding carboxylic acids is 1. The Hall–Kier alpha value is -2.28. The lowest BCUT2D eigenvalue weighted by atomic mass is 10.2. The summed E-state index contributed by atoms with van der Waals surface area (Å²) in [6.45, 7) is 2.56. The minimum Gasteiger partial charge on any atom is -0.494 e. The van der Waals surface area contributed by atoms with Crippen molar-refractivity contribution in [3.63, 3.8) is 0 Å². The minimum atomic E-state index is -0.406. The summed E-state index contributed by atoms with van der Waals surface area (Å²) < 4.78 is 5.43. The van der Waals surface area contributed by atoms with E-state index in [-0.39, 0.29) is 0 Å². The highest BCUT2D eigenvalue weighted by Crippen LogP contribution is 2.27. The Morgan fingerprint density at radius 3 is 2.58 bits per heavy atom. The van der Waals surface area contributed by atoms with Gasteiger partial charge in [-0.2, -0.15) is 0 Å². The van der Waals surface area contributed by atoms with Crippen molar-refractivity contribution in [3.05, 3.63) is 57.9 Å². The number of anilines is 2. The predicted molar refractivity (Wildman–Crippen MR) is 108 cm³/mol. The summed E-state index contributed by atoms with van der Waals surface area (Å²) in [7, 11) is 0. The van der Waals surface area contributed by atoms with Crippen LogP contribution in [0.25, 0.3) is 11.3 Å². The molecule has 0 bridgehead atoms. The Bertz CT molecular complexity index is 913. The molecule has 0 aliphatic carbocycles. The highest BCUT2D eigenvalue weighted by Gasteiger charge is 2.09. The number of hydrogen-bond donors (Lipinski definition) is 2. The molecule has 2 aromatic carbocycles. The van der Waals surface area contributed by atoms with Crippen molar-refractivity contribution in [2.75, 3.05) is 17.2 Å². The molecule has 8 heteroatoms. The fraction of sp³-hybridized carbons (Fsp3) is 0.111. The Balaban J connectivity index is 1.64. The predicted octanol–water partition coefficient (Wildman–Crippen LogP) is 6.16. The zero-order valence-electron chi connectivity index (χ0n) is 13.8. The Morgan fingerprint density at radius 1 is 1.12 bits per heavy atom. The topological polar surface area (TPSA) is 63.2 Å². The number of ether oxygens (including phenoxy) is 1. The average molecular weight is 408 g/mol. The lowest BCUT2D eigenvalue weighted by Gasteiger charge is -2.06. The van der Waals surface area contributed by atoms with E-state index in [2.05, 4.69) is 15.6 Å². The fourth-order valence-electron chi connectivity index (χ4n) is 2.19. The standard InChI is InChI=1S/C18H15Cl2N3O2S/c1-2-25-13-6-3-11(4-7-13)16-10-26-18(22-16)23-17(24)21-12-5-8-14(19)15(20)9-12/h3-10H,2H2,1H3,(H2,21,22,23,24). The molecule has 0 unspecified atom stereocenters. The zero-order chi connectivity index (χ0) is 18.5. The summed E-state index contributed by atoms with van der Waals surface area (Å²) in [6.07, 6.45) is 0. The molecule has 134 valence electrons. The van der Waals surface area contributed by atoms with Crippen LogP contribution in [0.5, 0.6) is 5.75 Å². The monoisotopic (exact) mass is 407 g/mol. The smallest absolute Gasteiger partial charge is 0.325 e. The molecule has 0 spiro atoms. The van der Waals surface area contributed by atoms with E-state index in [0.29, 0.717) is 27.5 Å². The van der Waals surface area contributed by atoms with Crippen molar-refractivity contribution in [1.29, 1.82) is 0 Å². The van der Waals surface area contributed by atoms with Crippen LogP contribution < -0.4 is 15.4 Å². The van der Waals surface area contributed by atoms with Crippen LogP contribution in [0.4, 0.5) is 15.6 Å². The van der Waals surface area contributed by atoms with E-state index in [1.165, 1.54) is 11.3 Å². The maximum Gasteiger partial charge on any atom is 0.325 e. The first-order valence-corrected chi connectivity index (χ1v) is 9.40. The van der Waals surface area contributed by atoms with E-state index in [1.54, 1.807) is 18.2 Å². The van der Waals surface area contributed by atoms with Crippen molar-refractivity contribution in [1.82, 2.24) is 4.98 Å². The summed E-state index contributed by atoms with van der Waals surface area (Å²) >= 11 is 13.1. The maximum absolute atomic E-state index is 12.1. The highest BCUT2D eigenvalue weighted by atomic mass is 35.5. The Labute approximate surface area is 164 Å². The van der Waals surface area contributed by atoms with Crippen LogP contribution in [0.1, 0.15) is 6.92 Å². The van der Waals surface area contributed by atoms with Gasteiger partial charge in [0.05, 0.1) is 22.3 Å². The molecule has 0 atom stereocenters. The van der Waals surface area contributed by atoms with Crippen LogP contribution in [0.3, 0.4) is 0 Å². The number of aromatic nitrogens is 1. The first-order chi connectivity index (χ1) is 12.5. The largest absolute Gasteiger partial charge is 0.494 e. The molecule has 3 aromatic rings. The molecule has 1 aromatic heterocycles. The lowest BCUT2D eigenvalue weighted by molar-refractivity contribution is 0.262. The number of thiazole rings is 1. The quantitative estimate of drug-likeness (QED) is 0.532. The fourth-order valence-corrected chi connectivity index (χ4v) is 3.20. The first-order valence-electron chi connectivity index (χ1n) is 7.77. The Kier molecular flexibility index (Phi) is 5.98. The second-order valence-corrected chi connectivity index (χ2v) is 6.88. The van der Waals surface area contributed by atoms with Gasteiger partial charge in [0.1, 0.15) is 5.75 Å². The van der Waals surface area contributed by atoms with E-state index < -0.39 is 6.03 Å². The van der Waals surface area contributed by atoms with Gasteiger partial charge >= 0.3 is 6.03 Å². The third-order valence-corrected chi connectivity index (χ3v) is 4.86. The molecule has 5 nitrogen and oxygen atoms in total. The van der Waals surface area contributed by atoms with Crippen molar-refractivity contribution in [2.45, 2.75) is 6.92 Å². The van der Waals surface area contributed by atoms with Crippen LogP contribution in [0.2, 0.25) is 10.0 Å². The van der Waals surface area contributed by atoms with E-state index in [9.17, 15) is 4.79 Å². The van der Waals surface area contributed by atoms with Gasteiger partial charge in [0, 0.05) is 16.6 Å². The number of benzene rings is 2. The van der Waals surface area contributed by atoms with Gasteiger partial charge in [-0.3, -0.25) is 5.32 Å². The van der Waals surface area contributed by atoms with Crippen molar-refractivity contribution >= 4 is 51.4 Å². The molecule has 0 saturated carbocycles. The van der Waals surface area contributed by atoms with E-state index >= 15 is 0 Å². The van der Waals surface area contributed by atoms with E-state index in [1.807, 2.05) is 36.6 Å². The molecule has 2 N–H and O–H groups in total. The van der Waals surface area contributed by atoms with E-state index in [0.717, 1.165) is 17.0 Å². The number of carbonyl (C=O) groups is 1. The molecule has 0 aliphatic rings. The number of halogens is 2. The molecular weight excluding hydrogens is 393 g/mol. The van der Waals surface area contributed by atoms with Gasteiger partial charge in [0.2, 0.25) is 0 Å².